The van der Waals surface area contributed by atoms with Gasteiger partial charge >= 0.3 is 0 Å². The summed E-state index contributed by atoms with van der Waals surface area (Å²) in [4.78, 5) is 12.6. The highest BCUT2D eigenvalue weighted by atomic mass is 32.2. The molecule has 0 saturated heterocycles. The summed E-state index contributed by atoms with van der Waals surface area (Å²) < 4.78 is 37.9. The Balaban J connectivity index is 2.26. The quantitative estimate of drug-likeness (QED) is 0.703. The number of hydrogen-bond acceptors (Lipinski definition) is 5. The van der Waals surface area contributed by atoms with Crippen LogP contribution in [0.1, 0.15) is 42.7 Å². The van der Waals surface area contributed by atoms with E-state index in [1.165, 1.54) is 25.3 Å². The lowest BCUT2D eigenvalue weighted by Crippen LogP contribution is -2.31. The maximum absolute atomic E-state index is 12.7. The van der Waals surface area contributed by atoms with E-state index in [2.05, 4.69) is 10.0 Å². The van der Waals surface area contributed by atoms with E-state index in [1.807, 2.05) is 31.2 Å². The van der Waals surface area contributed by atoms with Crippen LogP contribution >= 0.6 is 0 Å². The van der Waals surface area contributed by atoms with Crippen LogP contribution in [0.5, 0.6) is 11.5 Å². The molecule has 2 N–H and O–H groups in total. The van der Waals surface area contributed by atoms with E-state index in [0.717, 1.165) is 11.3 Å². The van der Waals surface area contributed by atoms with Gasteiger partial charge < -0.3 is 14.8 Å². The smallest absolute Gasteiger partial charge is 0.251 e. The van der Waals surface area contributed by atoms with Gasteiger partial charge in [-0.2, -0.15) is 0 Å². The van der Waals surface area contributed by atoms with Crippen molar-refractivity contribution in [1.82, 2.24) is 10.0 Å². The third-order valence-corrected chi connectivity index (χ3v) is 5.75. The van der Waals surface area contributed by atoms with E-state index in [0.29, 0.717) is 0 Å². The van der Waals surface area contributed by atoms with Crippen LogP contribution in [0.25, 0.3) is 0 Å². The Hall–Kier alpha value is -2.58. The van der Waals surface area contributed by atoms with Crippen molar-refractivity contribution < 1.29 is 22.7 Å². The zero-order valence-electron chi connectivity index (χ0n) is 16.6. The third kappa shape index (κ3) is 5.24. The van der Waals surface area contributed by atoms with Crippen molar-refractivity contribution in [2.75, 3.05) is 14.2 Å². The summed E-state index contributed by atoms with van der Waals surface area (Å²) in [5, 5.41) is 2.87. The van der Waals surface area contributed by atoms with Crippen LogP contribution in [0.2, 0.25) is 0 Å². The second-order valence-electron chi connectivity index (χ2n) is 6.61. The van der Waals surface area contributed by atoms with E-state index in [9.17, 15) is 13.2 Å². The monoisotopic (exact) mass is 406 g/mol. The average Bonchev–Trinajstić information content (AvgIpc) is 2.66. The molecular weight excluding hydrogens is 380 g/mol. The van der Waals surface area contributed by atoms with Gasteiger partial charge in [-0.1, -0.05) is 12.1 Å². The molecule has 0 bridgehead atoms. The van der Waals surface area contributed by atoms with Crippen molar-refractivity contribution in [3.05, 3.63) is 53.6 Å². The number of ether oxygens (including phenoxy) is 2. The molecule has 1 amide bonds. The SMILES string of the molecule is COc1ccc([C@H](C)NC(=O)c2ccc(OC)c(S(=O)(=O)NC(C)C)c2)cc1. The summed E-state index contributed by atoms with van der Waals surface area (Å²) in [6.45, 7) is 5.29. The summed E-state index contributed by atoms with van der Waals surface area (Å²) in [5.41, 5.74) is 1.13. The molecule has 0 aliphatic carbocycles. The number of methoxy groups -OCH3 is 2. The lowest BCUT2D eigenvalue weighted by Gasteiger charge is -2.17. The first-order chi connectivity index (χ1) is 13.2. The van der Waals surface area contributed by atoms with Gasteiger partial charge in [0.05, 0.1) is 20.3 Å². The summed E-state index contributed by atoms with van der Waals surface area (Å²) in [6.07, 6.45) is 0. The van der Waals surface area contributed by atoms with Crippen LogP contribution in [-0.4, -0.2) is 34.6 Å². The van der Waals surface area contributed by atoms with Crippen molar-refractivity contribution in [1.29, 1.82) is 0 Å². The minimum Gasteiger partial charge on any atom is -0.497 e. The fourth-order valence-corrected chi connectivity index (χ4v) is 4.10. The molecule has 0 radical (unpaired) electrons. The van der Waals surface area contributed by atoms with Gasteiger partial charge in [-0.3, -0.25) is 4.79 Å². The molecule has 0 saturated carbocycles. The molecule has 7 nitrogen and oxygen atoms in total. The first kappa shape index (κ1) is 21.7. The van der Waals surface area contributed by atoms with E-state index >= 15 is 0 Å². The number of nitrogens with one attached hydrogen (secondary N) is 2. The zero-order chi connectivity index (χ0) is 20.9. The van der Waals surface area contributed by atoms with Gasteiger partial charge in [0.25, 0.3) is 5.91 Å². The third-order valence-electron chi connectivity index (χ3n) is 4.07. The normalized spacial score (nSPS) is 12.5. The van der Waals surface area contributed by atoms with Gasteiger partial charge in [-0.15, -0.1) is 0 Å². The first-order valence-electron chi connectivity index (χ1n) is 8.83. The van der Waals surface area contributed by atoms with Crippen LogP contribution < -0.4 is 19.5 Å². The lowest BCUT2D eigenvalue weighted by atomic mass is 10.1. The van der Waals surface area contributed by atoms with Gasteiger partial charge in [0.1, 0.15) is 16.4 Å². The number of amides is 1. The predicted octanol–water partition coefficient (Wildman–Crippen LogP) is 2.88. The molecule has 2 aromatic rings. The fourth-order valence-electron chi connectivity index (χ4n) is 2.66. The number of benzene rings is 2. The minimum absolute atomic E-state index is 0.0755. The highest BCUT2D eigenvalue weighted by Gasteiger charge is 2.23. The molecule has 0 heterocycles. The molecule has 0 spiro atoms. The van der Waals surface area contributed by atoms with Crippen molar-refractivity contribution in [2.24, 2.45) is 0 Å². The zero-order valence-corrected chi connectivity index (χ0v) is 17.5. The highest BCUT2D eigenvalue weighted by Crippen LogP contribution is 2.26. The minimum atomic E-state index is -3.82. The molecule has 2 aromatic carbocycles. The summed E-state index contributed by atoms with van der Waals surface area (Å²) >= 11 is 0. The first-order valence-corrected chi connectivity index (χ1v) is 10.3. The van der Waals surface area contributed by atoms with E-state index in [4.69, 9.17) is 9.47 Å². The number of carbonyl (C=O) groups is 1. The molecule has 0 unspecified atom stereocenters. The number of rotatable bonds is 8. The fraction of sp³-hybridized carbons (Fsp3) is 0.350. The van der Waals surface area contributed by atoms with Gasteiger partial charge in [-0.05, 0) is 56.7 Å². The van der Waals surface area contributed by atoms with Crippen molar-refractivity contribution in [2.45, 2.75) is 37.8 Å². The largest absolute Gasteiger partial charge is 0.497 e. The predicted molar refractivity (Wildman–Crippen MR) is 107 cm³/mol. The Morgan fingerprint density at radius 3 is 2.14 bits per heavy atom. The molecule has 8 heteroatoms. The van der Waals surface area contributed by atoms with Crippen molar-refractivity contribution in [3.63, 3.8) is 0 Å². The van der Waals surface area contributed by atoms with Crippen LogP contribution in [0.4, 0.5) is 0 Å². The second kappa shape index (κ2) is 9.07. The van der Waals surface area contributed by atoms with E-state index < -0.39 is 10.0 Å². The topological polar surface area (TPSA) is 93.7 Å². The molecule has 0 aromatic heterocycles. The van der Waals surface area contributed by atoms with Crippen LogP contribution in [0, 0.1) is 0 Å². The number of sulfonamides is 1. The Bertz CT molecular complexity index is 924. The Kier molecular flexibility index (Phi) is 7.04. The molecule has 0 fully saturated rings. The average molecular weight is 407 g/mol. The Labute approximate surface area is 166 Å². The summed E-state index contributed by atoms with van der Waals surface area (Å²) in [6, 6.07) is 11.1. The molecule has 0 aliphatic heterocycles. The van der Waals surface area contributed by atoms with Crippen LogP contribution in [0.15, 0.2) is 47.4 Å². The van der Waals surface area contributed by atoms with E-state index in [1.54, 1.807) is 21.0 Å². The molecule has 28 heavy (non-hydrogen) atoms. The second-order valence-corrected chi connectivity index (χ2v) is 8.29. The van der Waals surface area contributed by atoms with Gasteiger partial charge in [0.2, 0.25) is 10.0 Å². The van der Waals surface area contributed by atoms with Crippen LogP contribution in [0.3, 0.4) is 0 Å². The standard InChI is InChI=1S/C20H26N2O5S/c1-13(2)22-28(24,25)19-12-16(8-11-18(19)27-5)20(23)21-14(3)15-6-9-17(26-4)10-7-15/h6-14,22H,1-5H3,(H,21,23)/t14-/m0/s1. The molecule has 1 atom stereocenters. The Morgan fingerprint density at radius 2 is 1.61 bits per heavy atom. The number of carbonyl (C=O) groups excluding carboxylic acids is 1. The van der Waals surface area contributed by atoms with E-state index in [-0.39, 0.29) is 34.2 Å². The maximum Gasteiger partial charge on any atom is 0.251 e. The van der Waals surface area contributed by atoms with Crippen molar-refractivity contribution in [3.8, 4) is 11.5 Å². The lowest BCUT2D eigenvalue weighted by molar-refractivity contribution is 0.0939. The molecule has 0 aliphatic rings. The van der Waals surface area contributed by atoms with Gasteiger partial charge in [0, 0.05) is 11.6 Å². The highest BCUT2D eigenvalue weighted by molar-refractivity contribution is 7.89. The van der Waals surface area contributed by atoms with Gasteiger partial charge in [-0.25, -0.2) is 13.1 Å². The maximum atomic E-state index is 12.7. The Morgan fingerprint density at radius 1 is 0.964 bits per heavy atom. The molecule has 152 valence electrons. The van der Waals surface area contributed by atoms with Crippen molar-refractivity contribution >= 4 is 15.9 Å². The summed E-state index contributed by atoms with van der Waals surface area (Å²) in [5.74, 6) is 0.518. The summed E-state index contributed by atoms with van der Waals surface area (Å²) in [7, 11) is -0.844. The van der Waals surface area contributed by atoms with Gasteiger partial charge in [0.15, 0.2) is 0 Å². The molecule has 2 rings (SSSR count). The molecular formula is C20H26N2O5S. The van der Waals surface area contributed by atoms with Crippen LogP contribution in [-0.2, 0) is 10.0 Å². The number of hydrogen-bond donors (Lipinski definition) is 2.